The van der Waals surface area contributed by atoms with Crippen molar-refractivity contribution in [1.82, 2.24) is 0 Å². The minimum atomic E-state index is -3.63. The molecule has 0 amide bonds. The van der Waals surface area contributed by atoms with E-state index in [0.29, 0.717) is 21.7 Å². The average Bonchev–Trinajstić information content (AvgIpc) is 3.14. The Morgan fingerprint density at radius 3 is 2.42 bits per heavy atom. The van der Waals surface area contributed by atoms with Crippen LogP contribution in [0.25, 0.3) is 21.6 Å². The Hall–Kier alpha value is -3.24. The first-order valence-corrected chi connectivity index (χ1v) is 11.7. The van der Waals surface area contributed by atoms with Gasteiger partial charge >= 0.3 is 5.97 Å². The van der Waals surface area contributed by atoms with Gasteiger partial charge in [0.2, 0.25) is 10.0 Å². The Kier molecular flexibility index (Phi) is 6.42. The van der Waals surface area contributed by atoms with Crippen LogP contribution in [-0.2, 0) is 21.2 Å². The highest BCUT2D eigenvalue weighted by Crippen LogP contribution is 2.42. The zero-order chi connectivity index (χ0) is 22.8. The molecule has 0 aliphatic heterocycles. The summed E-state index contributed by atoms with van der Waals surface area (Å²) in [7, 11) is -3.63. The largest absolute Gasteiger partial charge is 0.481 e. The summed E-state index contributed by atoms with van der Waals surface area (Å²) < 4.78 is 27.1. The van der Waals surface area contributed by atoms with Gasteiger partial charge in [-0.25, -0.2) is 8.42 Å². The number of nitro benzene ring substituents is 1. The normalized spacial score (nSPS) is 11.5. The summed E-state index contributed by atoms with van der Waals surface area (Å²) in [5.41, 5.74) is 1.46. The highest BCUT2D eigenvalue weighted by molar-refractivity contribution is 7.93. The molecular formula is C21H20N2O6S2. The van der Waals surface area contributed by atoms with Crippen LogP contribution in [0.3, 0.4) is 0 Å². The Balaban J connectivity index is 2.23. The highest BCUT2D eigenvalue weighted by atomic mass is 32.2. The van der Waals surface area contributed by atoms with Gasteiger partial charge in [-0.1, -0.05) is 30.3 Å². The summed E-state index contributed by atoms with van der Waals surface area (Å²) in [4.78, 5) is 23.3. The maximum atomic E-state index is 12.3. The predicted molar refractivity (Wildman–Crippen MR) is 121 cm³/mol. The van der Waals surface area contributed by atoms with Crippen molar-refractivity contribution in [3.8, 4) is 21.6 Å². The van der Waals surface area contributed by atoms with E-state index >= 15 is 0 Å². The third kappa shape index (κ3) is 4.92. The van der Waals surface area contributed by atoms with Crippen molar-refractivity contribution in [3.63, 3.8) is 0 Å². The summed E-state index contributed by atoms with van der Waals surface area (Å²) in [5.74, 6) is -1.13. The first kappa shape index (κ1) is 22.4. The number of thiophene rings is 1. The van der Waals surface area contributed by atoms with Gasteiger partial charge in [-0.2, -0.15) is 0 Å². The Labute approximate surface area is 183 Å². The summed E-state index contributed by atoms with van der Waals surface area (Å²) in [6, 6.07) is 13.1. The first-order valence-electron chi connectivity index (χ1n) is 9.28. The van der Waals surface area contributed by atoms with Gasteiger partial charge in [0.05, 0.1) is 32.7 Å². The van der Waals surface area contributed by atoms with Crippen molar-refractivity contribution in [3.05, 3.63) is 69.6 Å². The lowest BCUT2D eigenvalue weighted by atomic mass is 9.93. The molecule has 2 aromatic carbocycles. The fourth-order valence-electron chi connectivity index (χ4n) is 3.09. The summed E-state index contributed by atoms with van der Waals surface area (Å²) >= 11 is 1.21. The van der Waals surface area contributed by atoms with E-state index in [0.717, 1.165) is 0 Å². The summed E-state index contributed by atoms with van der Waals surface area (Å²) in [5, 5.41) is 22.3. The van der Waals surface area contributed by atoms with Gasteiger partial charge in [0, 0.05) is 11.6 Å². The van der Waals surface area contributed by atoms with Gasteiger partial charge in [-0.15, -0.1) is 11.3 Å². The first-order chi connectivity index (χ1) is 14.6. The molecule has 2 N–H and O–H groups in total. The third-order valence-corrected chi connectivity index (χ3v) is 7.31. The Morgan fingerprint density at radius 1 is 1.16 bits per heavy atom. The van der Waals surface area contributed by atoms with E-state index in [1.54, 1.807) is 61.7 Å². The zero-order valence-corrected chi connectivity index (χ0v) is 18.4. The quantitative estimate of drug-likeness (QED) is 0.368. The van der Waals surface area contributed by atoms with Gasteiger partial charge in [-0.3, -0.25) is 19.6 Å². The molecule has 31 heavy (non-hydrogen) atoms. The Bertz CT molecular complexity index is 1230. The average molecular weight is 461 g/mol. The van der Waals surface area contributed by atoms with Crippen molar-refractivity contribution < 1.29 is 23.2 Å². The molecule has 0 unspecified atom stereocenters. The second-order valence-electron chi connectivity index (χ2n) is 7.08. The number of nitro groups is 1. The molecular weight excluding hydrogens is 440 g/mol. The number of nitrogens with one attached hydrogen (secondary N) is 1. The molecule has 0 aliphatic carbocycles. The van der Waals surface area contributed by atoms with E-state index in [-0.39, 0.29) is 16.8 Å². The van der Waals surface area contributed by atoms with Crippen molar-refractivity contribution in [2.45, 2.75) is 25.5 Å². The van der Waals surface area contributed by atoms with E-state index in [1.165, 1.54) is 17.4 Å². The van der Waals surface area contributed by atoms with E-state index in [2.05, 4.69) is 4.72 Å². The topological polar surface area (TPSA) is 127 Å². The highest BCUT2D eigenvalue weighted by Gasteiger charge is 2.25. The molecule has 0 aliphatic rings. The molecule has 3 aromatic rings. The number of carbonyl (C=O) groups is 1. The number of carboxylic acid groups (broad SMARTS) is 1. The maximum Gasteiger partial charge on any atom is 0.307 e. The number of hydrogen-bond donors (Lipinski definition) is 2. The summed E-state index contributed by atoms with van der Waals surface area (Å²) in [6.45, 7) is 3.08. The van der Waals surface area contributed by atoms with Crippen LogP contribution in [-0.4, -0.2) is 29.7 Å². The number of hydrogen-bond acceptors (Lipinski definition) is 6. The van der Waals surface area contributed by atoms with E-state index in [4.69, 9.17) is 0 Å². The second-order valence-corrected chi connectivity index (χ2v) is 10.2. The van der Waals surface area contributed by atoms with E-state index in [9.17, 15) is 28.4 Å². The lowest BCUT2D eigenvalue weighted by Gasteiger charge is -2.14. The molecule has 0 radical (unpaired) electrons. The number of anilines is 1. The summed E-state index contributed by atoms with van der Waals surface area (Å²) in [6.07, 6.45) is -0.419. The number of benzene rings is 2. The van der Waals surface area contributed by atoms with Crippen molar-refractivity contribution in [2.24, 2.45) is 0 Å². The van der Waals surface area contributed by atoms with Crippen LogP contribution in [0, 0.1) is 10.1 Å². The SMILES string of the molecule is CC(C)S(=O)(=O)Nc1ccsc1-c1cc(CC(=O)O)c(-c2ccccc2)c([N+](=O)[O-])c1. The number of sulfonamides is 1. The monoisotopic (exact) mass is 460 g/mol. The molecule has 0 saturated carbocycles. The number of carboxylic acids is 1. The lowest BCUT2D eigenvalue weighted by Crippen LogP contribution is -2.22. The molecule has 162 valence electrons. The number of aliphatic carboxylic acids is 1. The van der Waals surface area contributed by atoms with Gasteiger partial charge in [-0.05, 0) is 42.5 Å². The smallest absolute Gasteiger partial charge is 0.307 e. The molecule has 10 heteroatoms. The van der Waals surface area contributed by atoms with Crippen LogP contribution in [0.2, 0.25) is 0 Å². The second kappa shape index (κ2) is 8.86. The molecule has 0 fully saturated rings. The molecule has 1 aromatic heterocycles. The maximum absolute atomic E-state index is 12.3. The van der Waals surface area contributed by atoms with Crippen LogP contribution in [0.15, 0.2) is 53.9 Å². The molecule has 0 atom stereocenters. The van der Waals surface area contributed by atoms with Crippen LogP contribution in [0.1, 0.15) is 19.4 Å². The Morgan fingerprint density at radius 2 is 1.84 bits per heavy atom. The molecule has 0 saturated heterocycles. The standard InChI is InChI=1S/C21H20N2O6S2/c1-13(2)31(28,29)22-17-8-9-30-21(17)16-10-15(12-19(24)25)20(18(11-16)23(26)27)14-6-4-3-5-7-14/h3-11,13,22H,12H2,1-2H3,(H,24,25). The lowest BCUT2D eigenvalue weighted by molar-refractivity contribution is -0.384. The van der Waals surface area contributed by atoms with Crippen LogP contribution >= 0.6 is 11.3 Å². The number of nitrogens with zero attached hydrogens (tertiary/aromatic N) is 1. The van der Waals surface area contributed by atoms with Crippen molar-refractivity contribution in [1.29, 1.82) is 0 Å². The fourth-order valence-corrected chi connectivity index (χ4v) is 4.70. The number of rotatable bonds is 8. The fraction of sp³-hybridized carbons (Fsp3) is 0.190. The van der Waals surface area contributed by atoms with Crippen LogP contribution in [0.5, 0.6) is 0 Å². The minimum Gasteiger partial charge on any atom is -0.481 e. The van der Waals surface area contributed by atoms with Gasteiger partial charge in [0.15, 0.2) is 0 Å². The van der Waals surface area contributed by atoms with Crippen LogP contribution in [0.4, 0.5) is 11.4 Å². The van der Waals surface area contributed by atoms with Gasteiger partial charge in [0.25, 0.3) is 5.69 Å². The molecule has 1 heterocycles. The van der Waals surface area contributed by atoms with Gasteiger partial charge < -0.3 is 5.11 Å². The van der Waals surface area contributed by atoms with Crippen molar-refractivity contribution >= 4 is 38.7 Å². The third-order valence-electron chi connectivity index (χ3n) is 4.60. The van der Waals surface area contributed by atoms with Crippen molar-refractivity contribution in [2.75, 3.05) is 4.72 Å². The molecule has 8 nitrogen and oxygen atoms in total. The van der Waals surface area contributed by atoms with E-state index in [1.807, 2.05) is 0 Å². The minimum absolute atomic E-state index is 0.234. The predicted octanol–water partition coefficient (Wildman–Crippen LogP) is 4.77. The van der Waals surface area contributed by atoms with Crippen LogP contribution < -0.4 is 4.72 Å². The molecule has 3 rings (SSSR count). The van der Waals surface area contributed by atoms with Gasteiger partial charge in [0.1, 0.15) is 0 Å². The van der Waals surface area contributed by atoms with E-state index < -0.39 is 32.6 Å². The molecule has 0 spiro atoms. The zero-order valence-electron chi connectivity index (χ0n) is 16.7. The molecule has 0 bridgehead atoms.